The molecule has 0 fully saturated rings. The zero-order chi connectivity index (χ0) is 24.7. The number of nitro groups is 1. The molecule has 0 aromatic heterocycles. The van der Waals surface area contributed by atoms with E-state index in [1.165, 1.54) is 18.2 Å². The number of methoxy groups -OCH3 is 1. The van der Waals surface area contributed by atoms with Crippen molar-refractivity contribution in [3.63, 3.8) is 0 Å². The van der Waals surface area contributed by atoms with E-state index in [-0.39, 0.29) is 29.9 Å². The predicted molar refractivity (Wildman–Crippen MR) is 118 cm³/mol. The Balaban J connectivity index is 1.79. The van der Waals surface area contributed by atoms with Gasteiger partial charge in [0.2, 0.25) is 0 Å². The number of hydrogen-bond acceptors (Lipinski definition) is 6. The lowest BCUT2D eigenvalue weighted by atomic mass is 10.0. The van der Waals surface area contributed by atoms with Gasteiger partial charge in [-0.15, -0.1) is 0 Å². The van der Waals surface area contributed by atoms with Crippen LogP contribution >= 0.6 is 0 Å². The molecule has 0 spiro atoms. The normalized spacial score (nSPS) is 11.5. The number of carbonyl (C=O) groups excluding carboxylic acids is 2. The van der Waals surface area contributed by atoms with Crippen LogP contribution in [-0.2, 0) is 20.9 Å². The monoisotopic (exact) mass is 470 g/mol. The molecule has 0 saturated carbocycles. The number of nitro benzene ring substituents is 1. The van der Waals surface area contributed by atoms with Gasteiger partial charge in [-0.3, -0.25) is 14.9 Å². The number of ether oxygens (including phenoxy) is 2. The van der Waals surface area contributed by atoms with Gasteiger partial charge in [0.1, 0.15) is 5.56 Å². The van der Waals surface area contributed by atoms with Crippen LogP contribution in [0.1, 0.15) is 15.9 Å². The number of hydrogen-bond donors (Lipinski definition) is 1. The van der Waals surface area contributed by atoms with Crippen LogP contribution in [0.2, 0.25) is 0 Å². The van der Waals surface area contributed by atoms with E-state index in [0.29, 0.717) is 0 Å². The minimum absolute atomic E-state index is 0.174. The van der Waals surface area contributed by atoms with Crippen molar-refractivity contribution >= 4 is 17.6 Å². The van der Waals surface area contributed by atoms with E-state index in [2.05, 4.69) is 5.32 Å². The van der Waals surface area contributed by atoms with Crippen LogP contribution in [0.4, 0.5) is 14.5 Å². The average Bonchev–Trinajstić information content (AvgIpc) is 2.84. The van der Waals surface area contributed by atoms with E-state index in [9.17, 15) is 28.5 Å². The fourth-order valence-corrected chi connectivity index (χ4v) is 3.15. The fourth-order valence-electron chi connectivity index (χ4n) is 3.15. The standard InChI is InChI=1S/C24H20F2N2O6/c1-33-24(30)21(14-34-13-15-5-3-2-4-6-15)27-23(29)18-9-7-17(12-22(18)28(31)32)16-8-10-19(25)20(26)11-16/h2-12,21H,13-14H2,1H3,(H,27,29)/t21-/m0/s1. The maximum absolute atomic E-state index is 13.6. The fraction of sp³-hybridized carbons (Fsp3) is 0.167. The summed E-state index contributed by atoms with van der Waals surface area (Å²) in [7, 11) is 1.14. The molecule has 3 rings (SSSR count). The Morgan fingerprint density at radius 3 is 2.32 bits per heavy atom. The predicted octanol–water partition coefficient (Wildman–Crippen LogP) is 4.03. The summed E-state index contributed by atoms with van der Waals surface area (Å²) in [6.45, 7) is -0.0542. The third-order valence-corrected chi connectivity index (χ3v) is 4.88. The number of rotatable bonds is 9. The van der Waals surface area contributed by atoms with E-state index in [0.717, 1.165) is 30.9 Å². The van der Waals surface area contributed by atoms with Gasteiger partial charge in [0.25, 0.3) is 11.6 Å². The highest BCUT2D eigenvalue weighted by Crippen LogP contribution is 2.28. The third-order valence-electron chi connectivity index (χ3n) is 4.88. The first-order chi connectivity index (χ1) is 16.3. The Morgan fingerprint density at radius 1 is 1.00 bits per heavy atom. The highest BCUT2D eigenvalue weighted by Gasteiger charge is 2.27. The topological polar surface area (TPSA) is 108 Å². The molecule has 0 bridgehead atoms. The Morgan fingerprint density at radius 2 is 1.68 bits per heavy atom. The summed E-state index contributed by atoms with van der Waals surface area (Å²) in [5, 5.41) is 14.0. The molecule has 0 saturated heterocycles. The summed E-state index contributed by atoms with van der Waals surface area (Å²) in [5.74, 6) is -3.86. The van der Waals surface area contributed by atoms with Crippen molar-refractivity contribution in [3.05, 3.63) is 99.6 Å². The van der Waals surface area contributed by atoms with Gasteiger partial charge in [-0.2, -0.15) is 0 Å². The van der Waals surface area contributed by atoms with Crippen molar-refractivity contribution in [2.75, 3.05) is 13.7 Å². The molecule has 3 aromatic carbocycles. The van der Waals surface area contributed by atoms with Crippen molar-refractivity contribution in [3.8, 4) is 11.1 Å². The molecular weight excluding hydrogens is 450 g/mol. The summed E-state index contributed by atoms with van der Waals surface area (Å²) < 4.78 is 37.0. The summed E-state index contributed by atoms with van der Waals surface area (Å²) in [6.07, 6.45) is 0. The Bertz CT molecular complexity index is 1200. The molecule has 34 heavy (non-hydrogen) atoms. The Hall–Kier alpha value is -4.18. The van der Waals surface area contributed by atoms with Gasteiger partial charge in [-0.05, 0) is 34.9 Å². The zero-order valence-electron chi connectivity index (χ0n) is 18.0. The van der Waals surface area contributed by atoms with Crippen molar-refractivity contribution in [2.45, 2.75) is 12.6 Å². The van der Waals surface area contributed by atoms with Crippen LogP contribution in [0.25, 0.3) is 11.1 Å². The van der Waals surface area contributed by atoms with Gasteiger partial charge in [0, 0.05) is 6.07 Å². The van der Waals surface area contributed by atoms with Crippen molar-refractivity contribution < 1.29 is 32.8 Å². The molecule has 10 heteroatoms. The van der Waals surface area contributed by atoms with Crippen molar-refractivity contribution in [1.29, 1.82) is 0 Å². The van der Waals surface area contributed by atoms with Gasteiger partial charge in [0.05, 0.1) is 25.2 Å². The van der Waals surface area contributed by atoms with Crippen LogP contribution < -0.4 is 5.32 Å². The van der Waals surface area contributed by atoms with Crippen LogP contribution in [-0.4, -0.2) is 36.6 Å². The second-order valence-electron chi connectivity index (χ2n) is 7.17. The van der Waals surface area contributed by atoms with Crippen molar-refractivity contribution in [1.82, 2.24) is 5.32 Å². The quantitative estimate of drug-likeness (QED) is 0.287. The molecule has 0 aliphatic rings. The van der Waals surface area contributed by atoms with Gasteiger partial charge in [0.15, 0.2) is 17.7 Å². The summed E-state index contributed by atoms with van der Waals surface area (Å²) >= 11 is 0. The SMILES string of the molecule is COC(=O)[C@H](COCc1ccccc1)NC(=O)c1ccc(-c2ccc(F)c(F)c2)cc1[N+](=O)[O-]. The number of carbonyl (C=O) groups is 2. The maximum atomic E-state index is 13.6. The minimum atomic E-state index is -1.22. The number of esters is 1. The molecule has 1 amide bonds. The van der Waals surface area contributed by atoms with Crippen LogP contribution in [0.5, 0.6) is 0 Å². The first kappa shape index (κ1) is 24.5. The molecule has 0 radical (unpaired) electrons. The first-order valence-electron chi connectivity index (χ1n) is 10.0. The highest BCUT2D eigenvalue weighted by molar-refractivity contribution is 6.00. The molecule has 1 N–H and O–H groups in total. The molecule has 8 nitrogen and oxygen atoms in total. The molecule has 0 unspecified atom stereocenters. The lowest BCUT2D eigenvalue weighted by Gasteiger charge is -2.17. The van der Waals surface area contributed by atoms with E-state index in [4.69, 9.17) is 9.47 Å². The summed E-state index contributed by atoms with van der Waals surface area (Å²) in [4.78, 5) is 35.7. The molecule has 0 aliphatic heterocycles. The third kappa shape index (κ3) is 5.99. The van der Waals surface area contributed by atoms with Gasteiger partial charge in [-0.25, -0.2) is 13.6 Å². The van der Waals surface area contributed by atoms with E-state index in [1.807, 2.05) is 30.3 Å². The number of halogens is 2. The van der Waals surface area contributed by atoms with Gasteiger partial charge < -0.3 is 14.8 Å². The highest BCUT2D eigenvalue weighted by atomic mass is 19.2. The molecule has 3 aromatic rings. The first-order valence-corrected chi connectivity index (χ1v) is 10.0. The van der Waals surface area contributed by atoms with Crippen molar-refractivity contribution in [2.24, 2.45) is 0 Å². The van der Waals surface area contributed by atoms with Crippen LogP contribution in [0, 0.1) is 21.7 Å². The molecule has 0 aliphatic carbocycles. The molecular formula is C24H20F2N2O6. The van der Waals surface area contributed by atoms with E-state index >= 15 is 0 Å². The maximum Gasteiger partial charge on any atom is 0.330 e. The second kappa shape index (κ2) is 11.1. The van der Waals surface area contributed by atoms with Gasteiger partial charge in [-0.1, -0.05) is 42.5 Å². The number of nitrogens with zero attached hydrogens (tertiary/aromatic N) is 1. The Kier molecular flexibility index (Phi) is 7.99. The largest absolute Gasteiger partial charge is 0.467 e. The summed E-state index contributed by atoms with van der Waals surface area (Å²) in [6, 6.07) is 14.6. The molecule has 176 valence electrons. The smallest absolute Gasteiger partial charge is 0.330 e. The zero-order valence-corrected chi connectivity index (χ0v) is 18.0. The Labute approximate surface area is 193 Å². The van der Waals surface area contributed by atoms with Gasteiger partial charge >= 0.3 is 5.97 Å². The molecule has 0 heterocycles. The van der Waals surface area contributed by atoms with E-state index in [1.54, 1.807) is 0 Å². The lowest BCUT2D eigenvalue weighted by molar-refractivity contribution is -0.385. The minimum Gasteiger partial charge on any atom is -0.467 e. The average molecular weight is 470 g/mol. The number of benzene rings is 3. The molecule has 1 atom stereocenters. The number of amides is 1. The second-order valence-corrected chi connectivity index (χ2v) is 7.17. The van der Waals surface area contributed by atoms with Crippen LogP contribution in [0.15, 0.2) is 66.7 Å². The summed E-state index contributed by atoms with van der Waals surface area (Å²) in [5.41, 5.74) is 0.344. The number of nitrogens with one attached hydrogen (secondary N) is 1. The lowest BCUT2D eigenvalue weighted by Crippen LogP contribution is -2.44. The van der Waals surface area contributed by atoms with E-state index < -0.39 is 40.2 Å². The van der Waals surface area contributed by atoms with Crippen LogP contribution in [0.3, 0.4) is 0 Å².